The van der Waals surface area contributed by atoms with Crippen LogP contribution in [0.5, 0.6) is 0 Å². The summed E-state index contributed by atoms with van der Waals surface area (Å²) in [6.07, 6.45) is 1.32. The smallest absolute Gasteiger partial charge is 0.324 e. The standard InChI is InChI=1S/C13H18N4O4S/c1-8(7-14)15-12(18)9-3-2-6-16(9)13(19)10-4-5-11(22-10)17(20)21/h4-5,8-9H,2-3,6-7,14H2,1H3,(H,15,18)/t8-,9?/m0/s1. The van der Waals surface area contributed by atoms with Gasteiger partial charge >= 0.3 is 5.00 Å². The first-order chi connectivity index (χ1) is 10.4. The number of carbonyl (C=O) groups excluding carboxylic acids is 2. The van der Waals surface area contributed by atoms with Crippen molar-refractivity contribution in [3.8, 4) is 0 Å². The van der Waals surface area contributed by atoms with Crippen molar-refractivity contribution in [3.05, 3.63) is 27.1 Å². The fraction of sp³-hybridized carbons (Fsp3) is 0.538. The number of nitrogens with two attached hydrogens (primary N) is 1. The summed E-state index contributed by atoms with van der Waals surface area (Å²) in [5.41, 5.74) is 5.48. The van der Waals surface area contributed by atoms with Gasteiger partial charge in [-0.1, -0.05) is 11.3 Å². The molecule has 8 nitrogen and oxygen atoms in total. The van der Waals surface area contributed by atoms with Crippen LogP contribution in [0.4, 0.5) is 5.00 Å². The minimum absolute atomic E-state index is 0.0831. The van der Waals surface area contributed by atoms with E-state index in [2.05, 4.69) is 5.32 Å². The maximum Gasteiger partial charge on any atom is 0.324 e. The van der Waals surface area contributed by atoms with Gasteiger partial charge in [-0.3, -0.25) is 19.7 Å². The second kappa shape index (κ2) is 6.84. The second-order valence-corrected chi connectivity index (χ2v) is 6.26. The number of hydrogen-bond acceptors (Lipinski definition) is 6. The number of nitro groups is 1. The molecule has 1 aromatic rings. The van der Waals surface area contributed by atoms with Gasteiger partial charge in [0.1, 0.15) is 6.04 Å². The highest BCUT2D eigenvalue weighted by atomic mass is 32.1. The molecule has 1 aromatic heterocycles. The number of thiophene rings is 1. The summed E-state index contributed by atoms with van der Waals surface area (Å²) < 4.78 is 0. The molecule has 0 aliphatic carbocycles. The van der Waals surface area contributed by atoms with Crippen LogP contribution in [0.2, 0.25) is 0 Å². The molecular weight excluding hydrogens is 308 g/mol. The Kier molecular flexibility index (Phi) is 5.09. The van der Waals surface area contributed by atoms with Crippen molar-refractivity contribution < 1.29 is 14.5 Å². The molecule has 2 amide bonds. The Morgan fingerprint density at radius 2 is 2.32 bits per heavy atom. The SMILES string of the molecule is C[C@@H](CN)NC(=O)C1CCCN1C(=O)c1ccc([N+](=O)[O-])s1. The third-order valence-electron chi connectivity index (χ3n) is 3.54. The topological polar surface area (TPSA) is 119 Å². The quantitative estimate of drug-likeness (QED) is 0.610. The molecule has 0 bridgehead atoms. The van der Waals surface area contributed by atoms with E-state index < -0.39 is 11.0 Å². The first-order valence-corrected chi connectivity index (χ1v) is 7.81. The maximum atomic E-state index is 12.5. The Bertz CT molecular complexity index is 588. The van der Waals surface area contributed by atoms with E-state index in [1.54, 1.807) is 6.92 Å². The lowest BCUT2D eigenvalue weighted by atomic mass is 10.2. The van der Waals surface area contributed by atoms with Gasteiger partial charge in [0.05, 0.1) is 9.80 Å². The van der Waals surface area contributed by atoms with Gasteiger partial charge in [-0.2, -0.15) is 0 Å². The van der Waals surface area contributed by atoms with Crippen LogP contribution in [-0.2, 0) is 4.79 Å². The molecule has 3 N–H and O–H groups in total. The van der Waals surface area contributed by atoms with Crippen LogP contribution in [0.1, 0.15) is 29.4 Å². The van der Waals surface area contributed by atoms with E-state index in [0.717, 1.165) is 17.8 Å². The zero-order valence-electron chi connectivity index (χ0n) is 12.2. The fourth-order valence-electron chi connectivity index (χ4n) is 2.36. The van der Waals surface area contributed by atoms with Crippen molar-refractivity contribution in [2.24, 2.45) is 5.73 Å². The average Bonchev–Trinajstić information content (AvgIpc) is 3.15. The molecular formula is C13H18N4O4S. The first kappa shape index (κ1) is 16.4. The molecule has 2 atom stereocenters. The number of rotatable bonds is 5. The minimum Gasteiger partial charge on any atom is -0.351 e. The van der Waals surface area contributed by atoms with Gasteiger partial charge in [0.15, 0.2) is 0 Å². The Labute approximate surface area is 131 Å². The van der Waals surface area contributed by atoms with E-state index in [0.29, 0.717) is 19.5 Å². The van der Waals surface area contributed by atoms with Crippen molar-refractivity contribution in [1.29, 1.82) is 0 Å². The number of likely N-dealkylation sites (tertiary alicyclic amines) is 1. The van der Waals surface area contributed by atoms with E-state index in [4.69, 9.17) is 5.73 Å². The summed E-state index contributed by atoms with van der Waals surface area (Å²) in [5.74, 6) is -0.564. The Balaban J connectivity index is 2.10. The first-order valence-electron chi connectivity index (χ1n) is 6.99. The molecule has 2 rings (SSSR count). The summed E-state index contributed by atoms with van der Waals surface area (Å²) in [7, 11) is 0. The average molecular weight is 326 g/mol. The molecule has 120 valence electrons. The van der Waals surface area contributed by atoms with Crippen LogP contribution in [0, 0.1) is 10.1 Å². The summed E-state index contributed by atoms with van der Waals surface area (Å²) in [6, 6.07) is 2.04. The second-order valence-electron chi connectivity index (χ2n) is 5.20. The Morgan fingerprint density at radius 1 is 1.59 bits per heavy atom. The molecule has 2 heterocycles. The minimum atomic E-state index is -0.539. The lowest BCUT2D eigenvalue weighted by Gasteiger charge is -2.24. The maximum absolute atomic E-state index is 12.5. The third-order valence-corrected chi connectivity index (χ3v) is 4.57. The van der Waals surface area contributed by atoms with Gasteiger partial charge in [-0.05, 0) is 25.8 Å². The molecule has 1 unspecified atom stereocenters. The number of hydrogen-bond donors (Lipinski definition) is 2. The number of nitrogens with zero attached hydrogens (tertiary/aromatic N) is 2. The molecule has 1 fully saturated rings. The van der Waals surface area contributed by atoms with Crippen LogP contribution in [0.25, 0.3) is 0 Å². The lowest BCUT2D eigenvalue weighted by molar-refractivity contribution is -0.380. The third kappa shape index (κ3) is 3.42. The Morgan fingerprint density at radius 3 is 2.91 bits per heavy atom. The summed E-state index contributed by atoms with van der Waals surface area (Å²) in [6.45, 7) is 2.59. The van der Waals surface area contributed by atoms with E-state index in [9.17, 15) is 19.7 Å². The summed E-state index contributed by atoms with van der Waals surface area (Å²) >= 11 is 0.826. The summed E-state index contributed by atoms with van der Waals surface area (Å²) in [5, 5.41) is 13.4. The van der Waals surface area contributed by atoms with Crippen LogP contribution < -0.4 is 11.1 Å². The van der Waals surface area contributed by atoms with Crippen LogP contribution in [0.15, 0.2) is 12.1 Å². The van der Waals surface area contributed by atoms with Gasteiger partial charge in [0.25, 0.3) is 5.91 Å². The highest BCUT2D eigenvalue weighted by Gasteiger charge is 2.35. The van der Waals surface area contributed by atoms with Gasteiger partial charge < -0.3 is 16.0 Å². The van der Waals surface area contributed by atoms with Crippen molar-refractivity contribution in [3.63, 3.8) is 0 Å². The van der Waals surface area contributed by atoms with E-state index in [-0.39, 0.29) is 27.7 Å². The highest BCUT2D eigenvalue weighted by molar-refractivity contribution is 7.17. The zero-order chi connectivity index (χ0) is 16.3. The molecule has 0 spiro atoms. The molecule has 1 saturated heterocycles. The van der Waals surface area contributed by atoms with Crippen molar-refractivity contribution in [2.75, 3.05) is 13.1 Å². The molecule has 22 heavy (non-hydrogen) atoms. The molecule has 1 aliphatic heterocycles. The lowest BCUT2D eigenvalue weighted by Crippen LogP contribution is -2.49. The van der Waals surface area contributed by atoms with Crippen molar-refractivity contribution in [1.82, 2.24) is 10.2 Å². The van der Waals surface area contributed by atoms with Crippen LogP contribution >= 0.6 is 11.3 Å². The van der Waals surface area contributed by atoms with Crippen LogP contribution in [0.3, 0.4) is 0 Å². The summed E-state index contributed by atoms with van der Waals surface area (Å²) in [4.78, 5) is 36.6. The normalized spacial score (nSPS) is 19.0. The van der Waals surface area contributed by atoms with Crippen LogP contribution in [-0.4, -0.2) is 46.8 Å². The number of nitrogens with one attached hydrogen (secondary N) is 1. The predicted molar refractivity (Wildman–Crippen MR) is 81.7 cm³/mol. The molecule has 1 aliphatic rings. The van der Waals surface area contributed by atoms with Gasteiger partial charge in [0, 0.05) is 25.2 Å². The van der Waals surface area contributed by atoms with Crippen molar-refractivity contribution >= 4 is 28.2 Å². The highest BCUT2D eigenvalue weighted by Crippen LogP contribution is 2.28. The fourth-order valence-corrected chi connectivity index (χ4v) is 3.14. The van der Waals surface area contributed by atoms with E-state index in [1.807, 2.05) is 0 Å². The predicted octanol–water partition coefficient (Wildman–Crippen LogP) is 0.724. The molecule has 0 saturated carbocycles. The molecule has 0 aromatic carbocycles. The molecule has 0 radical (unpaired) electrons. The number of carbonyl (C=O) groups is 2. The zero-order valence-corrected chi connectivity index (χ0v) is 13.0. The van der Waals surface area contributed by atoms with E-state index in [1.165, 1.54) is 17.0 Å². The monoisotopic (exact) mass is 326 g/mol. The van der Waals surface area contributed by atoms with Gasteiger partial charge in [-0.15, -0.1) is 0 Å². The van der Waals surface area contributed by atoms with Gasteiger partial charge in [0.2, 0.25) is 5.91 Å². The van der Waals surface area contributed by atoms with E-state index >= 15 is 0 Å². The van der Waals surface area contributed by atoms with Gasteiger partial charge in [-0.25, -0.2) is 0 Å². The number of amides is 2. The van der Waals surface area contributed by atoms with Crippen molar-refractivity contribution in [2.45, 2.75) is 31.8 Å². The largest absolute Gasteiger partial charge is 0.351 e. The molecule has 9 heteroatoms. The Hall–Kier alpha value is -2.00.